The SMILES string of the molecule is C=C(CC(=O)OC1CCCCC1)C(=O)OCCCOc1ccc(-c2ccc(/C=C/c3ccc(OC(=O)OCCCCOC(=O)C(C)CO)c(CC)c3)cc2)cc1. The van der Waals surface area contributed by atoms with E-state index >= 15 is 0 Å². The van der Waals surface area contributed by atoms with Gasteiger partial charge in [0.2, 0.25) is 0 Å². The molecule has 0 amide bonds. The van der Waals surface area contributed by atoms with Gasteiger partial charge in [-0.05, 0) is 104 Å². The zero-order chi connectivity index (χ0) is 40.1. The third kappa shape index (κ3) is 15.0. The molecule has 56 heavy (non-hydrogen) atoms. The van der Waals surface area contributed by atoms with Gasteiger partial charge in [-0.3, -0.25) is 9.59 Å². The minimum atomic E-state index is -0.791. The summed E-state index contributed by atoms with van der Waals surface area (Å²) in [4.78, 5) is 48.2. The highest BCUT2D eigenvalue weighted by molar-refractivity contribution is 5.93. The lowest BCUT2D eigenvalue weighted by atomic mass is 9.98. The molecule has 4 rings (SSSR count). The van der Waals surface area contributed by atoms with Gasteiger partial charge in [0.25, 0.3) is 0 Å². The van der Waals surface area contributed by atoms with Gasteiger partial charge in [-0.2, -0.15) is 0 Å². The van der Waals surface area contributed by atoms with Crippen molar-refractivity contribution in [1.82, 2.24) is 0 Å². The Morgan fingerprint density at radius 3 is 2.09 bits per heavy atom. The highest BCUT2D eigenvalue weighted by Gasteiger charge is 2.20. The van der Waals surface area contributed by atoms with Gasteiger partial charge in [-0.25, -0.2) is 9.59 Å². The van der Waals surface area contributed by atoms with E-state index in [0.717, 1.165) is 53.5 Å². The Labute approximate surface area is 329 Å². The van der Waals surface area contributed by atoms with Gasteiger partial charge in [0.1, 0.15) is 17.6 Å². The van der Waals surface area contributed by atoms with E-state index in [9.17, 15) is 19.2 Å². The average Bonchev–Trinajstić information content (AvgIpc) is 3.21. The van der Waals surface area contributed by atoms with Gasteiger partial charge in [0, 0.05) is 12.0 Å². The number of aliphatic hydroxyl groups is 1. The lowest BCUT2D eigenvalue weighted by molar-refractivity contribution is -0.151. The number of aryl methyl sites for hydroxylation is 1. The molecule has 1 unspecified atom stereocenters. The van der Waals surface area contributed by atoms with Gasteiger partial charge in [0.15, 0.2) is 0 Å². The van der Waals surface area contributed by atoms with Crippen molar-refractivity contribution in [2.75, 3.05) is 33.0 Å². The molecule has 0 heterocycles. The summed E-state index contributed by atoms with van der Waals surface area (Å²) in [5.74, 6) is -0.893. The molecule has 3 aromatic rings. The molecule has 0 saturated heterocycles. The first-order valence-corrected chi connectivity index (χ1v) is 19.5. The number of unbranched alkanes of at least 4 members (excludes halogenated alkanes) is 1. The second kappa shape index (κ2) is 23.5. The summed E-state index contributed by atoms with van der Waals surface area (Å²) in [6.07, 6.45) is 10.2. The maximum atomic E-state index is 12.2. The summed E-state index contributed by atoms with van der Waals surface area (Å²) < 4.78 is 32.2. The molecule has 0 bridgehead atoms. The first-order chi connectivity index (χ1) is 27.1. The number of hydrogen-bond acceptors (Lipinski definition) is 11. The van der Waals surface area contributed by atoms with Crippen LogP contribution >= 0.6 is 0 Å². The van der Waals surface area contributed by atoms with E-state index in [0.29, 0.717) is 43.8 Å². The van der Waals surface area contributed by atoms with Crippen molar-refractivity contribution in [3.63, 3.8) is 0 Å². The largest absolute Gasteiger partial charge is 0.513 e. The number of aliphatic hydroxyl groups excluding tert-OH is 1. The smallest absolute Gasteiger partial charge is 0.493 e. The van der Waals surface area contributed by atoms with Crippen LogP contribution in [0.2, 0.25) is 0 Å². The molecule has 1 N–H and O–H groups in total. The zero-order valence-corrected chi connectivity index (χ0v) is 32.5. The standard InChI is InChI=1S/C45H54O11/c1-4-36-30-35(17-24-41(36)56-45(50)54-26-9-8-25-52-44(49)33(3)31-46)14-13-34-15-18-37(19-16-34)38-20-22-39(23-21-38)51-27-10-28-53-43(48)32(2)29-42(47)55-40-11-6-5-7-12-40/h13-24,30,33,40,46H,2,4-12,25-29,31H2,1,3H3/b14-13+. The van der Waals surface area contributed by atoms with Gasteiger partial charge >= 0.3 is 24.1 Å². The number of carbonyl (C=O) groups is 4. The van der Waals surface area contributed by atoms with Crippen LogP contribution in [0.15, 0.2) is 78.9 Å². The first kappa shape index (κ1) is 43.3. The summed E-state index contributed by atoms with van der Waals surface area (Å²) in [6, 6.07) is 21.6. The number of benzene rings is 3. The number of carbonyl (C=O) groups excluding carboxylic acids is 4. The topological polar surface area (TPSA) is 144 Å². The number of ether oxygens (including phenoxy) is 6. The zero-order valence-electron chi connectivity index (χ0n) is 32.5. The molecule has 0 radical (unpaired) electrons. The highest BCUT2D eigenvalue weighted by atomic mass is 16.7. The van der Waals surface area contributed by atoms with Crippen LogP contribution < -0.4 is 9.47 Å². The molecule has 0 aliphatic heterocycles. The lowest BCUT2D eigenvalue weighted by Gasteiger charge is -2.21. The number of hydrogen-bond donors (Lipinski definition) is 1. The summed E-state index contributed by atoms with van der Waals surface area (Å²) in [7, 11) is 0. The van der Waals surface area contributed by atoms with Gasteiger partial charge in [0.05, 0.1) is 45.4 Å². The molecule has 1 aliphatic carbocycles. The minimum absolute atomic E-state index is 0.0584. The van der Waals surface area contributed by atoms with Crippen molar-refractivity contribution in [1.29, 1.82) is 0 Å². The van der Waals surface area contributed by atoms with Crippen LogP contribution in [0.4, 0.5) is 4.79 Å². The van der Waals surface area contributed by atoms with Gasteiger partial charge < -0.3 is 33.5 Å². The average molecular weight is 771 g/mol. The van der Waals surface area contributed by atoms with Crippen LogP contribution in [0.3, 0.4) is 0 Å². The monoisotopic (exact) mass is 770 g/mol. The van der Waals surface area contributed by atoms with Crippen LogP contribution in [-0.2, 0) is 39.8 Å². The summed E-state index contributed by atoms with van der Waals surface area (Å²) in [6.45, 7) is 7.85. The van der Waals surface area contributed by atoms with E-state index in [2.05, 4.69) is 18.7 Å². The molecular weight excluding hydrogens is 716 g/mol. The maximum Gasteiger partial charge on any atom is 0.513 e. The second-order valence-corrected chi connectivity index (χ2v) is 13.7. The van der Waals surface area contributed by atoms with Crippen molar-refractivity contribution in [3.05, 3.63) is 95.6 Å². The summed E-state index contributed by atoms with van der Waals surface area (Å²) in [5.41, 5.74) is 5.04. The number of esters is 3. The fraction of sp³-hybridized carbons (Fsp3) is 0.422. The molecule has 1 aliphatic rings. The number of rotatable bonds is 21. The Morgan fingerprint density at radius 1 is 0.786 bits per heavy atom. The molecule has 3 aromatic carbocycles. The van der Waals surface area contributed by atoms with Crippen LogP contribution in [-0.4, -0.2) is 68.3 Å². The van der Waals surface area contributed by atoms with Crippen LogP contribution in [0.1, 0.15) is 88.3 Å². The van der Waals surface area contributed by atoms with E-state index in [1.54, 1.807) is 13.0 Å². The van der Waals surface area contributed by atoms with Crippen molar-refractivity contribution in [2.45, 2.75) is 84.2 Å². The minimum Gasteiger partial charge on any atom is -0.493 e. The predicted molar refractivity (Wildman–Crippen MR) is 213 cm³/mol. The molecular formula is C45H54O11. The highest BCUT2D eigenvalue weighted by Crippen LogP contribution is 2.26. The van der Waals surface area contributed by atoms with E-state index in [1.165, 1.54) is 6.42 Å². The van der Waals surface area contributed by atoms with Crippen LogP contribution in [0.5, 0.6) is 11.5 Å². The second-order valence-electron chi connectivity index (χ2n) is 13.7. The fourth-order valence-corrected chi connectivity index (χ4v) is 5.84. The Kier molecular flexibility index (Phi) is 18.2. The molecule has 11 nitrogen and oxygen atoms in total. The lowest BCUT2D eigenvalue weighted by Crippen LogP contribution is -2.22. The normalized spacial score (nSPS) is 13.4. The molecule has 1 fully saturated rings. The van der Waals surface area contributed by atoms with Crippen molar-refractivity contribution in [2.24, 2.45) is 5.92 Å². The molecule has 300 valence electrons. The van der Waals surface area contributed by atoms with E-state index in [-0.39, 0.29) is 44.5 Å². The summed E-state index contributed by atoms with van der Waals surface area (Å²) in [5, 5.41) is 8.98. The summed E-state index contributed by atoms with van der Waals surface area (Å²) >= 11 is 0. The Hall–Kier alpha value is -5.42. The third-order valence-electron chi connectivity index (χ3n) is 9.19. The van der Waals surface area contributed by atoms with E-state index in [4.69, 9.17) is 33.5 Å². The maximum absolute atomic E-state index is 12.2. The fourth-order valence-electron chi connectivity index (χ4n) is 5.84. The van der Waals surface area contributed by atoms with E-state index in [1.807, 2.05) is 67.6 Å². The third-order valence-corrected chi connectivity index (χ3v) is 9.19. The molecule has 11 heteroatoms. The van der Waals surface area contributed by atoms with Gasteiger partial charge in [-0.1, -0.05) is 74.5 Å². The van der Waals surface area contributed by atoms with E-state index < -0.39 is 30.0 Å². The molecule has 1 saturated carbocycles. The van der Waals surface area contributed by atoms with Gasteiger partial charge in [-0.15, -0.1) is 0 Å². The van der Waals surface area contributed by atoms with Crippen molar-refractivity contribution >= 4 is 36.2 Å². The predicted octanol–water partition coefficient (Wildman–Crippen LogP) is 8.69. The molecule has 0 aromatic heterocycles. The Bertz CT molecular complexity index is 1760. The Balaban J connectivity index is 1.14. The molecule has 1 atom stereocenters. The van der Waals surface area contributed by atoms with Crippen molar-refractivity contribution < 1.29 is 52.7 Å². The molecule has 0 spiro atoms. The van der Waals surface area contributed by atoms with Crippen LogP contribution in [0, 0.1) is 5.92 Å². The van der Waals surface area contributed by atoms with Crippen molar-refractivity contribution in [3.8, 4) is 22.6 Å². The quantitative estimate of drug-likeness (QED) is 0.0277. The first-order valence-electron chi connectivity index (χ1n) is 19.5. The Morgan fingerprint density at radius 2 is 1.41 bits per heavy atom. The van der Waals surface area contributed by atoms with Crippen LogP contribution in [0.25, 0.3) is 23.3 Å².